The van der Waals surface area contributed by atoms with E-state index in [1.54, 1.807) is 25.7 Å². The Bertz CT molecular complexity index is 868. The van der Waals surface area contributed by atoms with Crippen LogP contribution in [0, 0.1) is 0 Å². The number of hydrogen-bond acceptors (Lipinski definition) is 6. The number of H-pyrrole nitrogens is 1. The number of benzene rings is 1. The topological polar surface area (TPSA) is 76.2 Å². The number of aromatic nitrogens is 4. The first-order valence-corrected chi connectivity index (χ1v) is 9.15. The Kier molecular flexibility index (Phi) is 5.29. The molecule has 0 amide bonds. The Morgan fingerprint density at radius 2 is 2.04 bits per heavy atom. The quantitative estimate of drug-likeness (QED) is 0.722. The van der Waals surface area contributed by atoms with Crippen molar-refractivity contribution in [2.45, 2.75) is 25.3 Å². The first-order valence-electron chi connectivity index (χ1n) is 9.15. The van der Waals surface area contributed by atoms with Gasteiger partial charge >= 0.3 is 0 Å². The van der Waals surface area contributed by atoms with Crippen LogP contribution in [0.15, 0.2) is 49.1 Å². The van der Waals surface area contributed by atoms with E-state index in [2.05, 4.69) is 24.8 Å². The van der Waals surface area contributed by atoms with Gasteiger partial charge in [0.1, 0.15) is 23.0 Å². The van der Waals surface area contributed by atoms with Crippen LogP contribution in [-0.2, 0) is 6.54 Å². The summed E-state index contributed by atoms with van der Waals surface area (Å²) in [6, 6.07) is 7.53. The predicted octanol–water partition coefficient (Wildman–Crippen LogP) is 3.38. The molecule has 1 aromatic carbocycles. The molecular weight excluding hydrogens is 342 g/mol. The van der Waals surface area contributed by atoms with Crippen LogP contribution in [0.2, 0.25) is 0 Å². The number of imidazole rings is 1. The molecule has 2 aromatic heterocycles. The molecule has 1 aliphatic heterocycles. The van der Waals surface area contributed by atoms with E-state index in [9.17, 15) is 0 Å². The van der Waals surface area contributed by atoms with Crippen LogP contribution in [0.3, 0.4) is 0 Å². The van der Waals surface area contributed by atoms with Crippen molar-refractivity contribution in [3.05, 3.63) is 60.6 Å². The van der Waals surface area contributed by atoms with Crippen molar-refractivity contribution in [2.75, 3.05) is 20.2 Å². The van der Waals surface area contributed by atoms with Gasteiger partial charge in [-0.15, -0.1) is 0 Å². The lowest BCUT2D eigenvalue weighted by atomic mass is 9.94. The predicted molar refractivity (Wildman–Crippen MR) is 101 cm³/mol. The third-order valence-corrected chi connectivity index (χ3v) is 4.77. The van der Waals surface area contributed by atoms with Gasteiger partial charge in [-0.2, -0.15) is 0 Å². The van der Waals surface area contributed by atoms with Crippen molar-refractivity contribution >= 4 is 0 Å². The SMILES string of the molecule is COc1cccc(Oc2nccnc2[C@@H]2CCCN(Cc3ncc[nH]3)C2)c1. The van der Waals surface area contributed by atoms with Gasteiger partial charge in [-0.25, -0.2) is 9.97 Å². The molecule has 1 saturated heterocycles. The van der Waals surface area contributed by atoms with Crippen molar-refractivity contribution < 1.29 is 9.47 Å². The Morgan fingerprint density at radius 3 is 2.89 bits per heavy atom. The fourth-order valence-electron chi connectivity index (χ4n) is 3.49. The van der Waals surface area contributed by atoms with Crippen LogP contribution in [0.1, 0.15) is 30.3 Å². The maximum atomic E-state index is 6.06. The number of aromatic amines is 1. The summed E-state index contributed by atoms with van der Waals surface area (Å²) in [5.74, 6) is 3.28. The number of likely N-dealkylation sites (tertiary alicyclic amines) is 1. The third-order valence-electron chi connectivity index (χ3n) is 4.77. The zero-order chi connectivity index (χ0) is 18.5. The fraction of sp³-hybridized carbons (Fsp3) is 0.350. The zero-order valence-corrected chi connectivity index (χ0v) is 15.3. The van der Waals surface area contributed by atoms with Gasteiger partial charge in [-0.3, -0.25) is 9.88 Å². The van der Waals surface area contributed by atoms with E-state index in [0.29, 0.717) is 11.6 Å². The molecule has 0 radical (unpaired) electrons. The van der Waals surface area contributed by atoms with E-state index < -0.39 is 0 Å². The molecule has 140 valence electrons. The molecule has 1 atom stereocenters. The van der Waals surface area contributed by atoms with E-state index in [0.717, 1.165) is 49.7 Å². The molecule has 1 aliphatic rings. The number of rotatable bonds is 6. The molecule has 0 saturated carbocycles. The zero-order valence-electron chi connectivity index (χ0n) is 15.3. The van der Waals surface area contributed by atoms with Crippen LogP contribution in [0.4, 0.5) is 0 Å². The lowest BCUT2D eigenvalue weighted by Gasteiger charge is -2.32. The van der Waals surface area contributed by atoms with Crippen molar-refractivity contribution in [3.63, 3.8) is 0 Å². The highest BCUT2D eigenvalue weighted by Crippen LogP contribution is 2.33. The van der Waals surface area contributed by atoms with Crippen LogP contribution in [0.5, 0.6) is 17.4 Å². The number of nitrogens with one attached hydrogen (secondary N) is 1. The van der Waals surface area contributed by atoms with Gasteiger partial charge < -0.3 is 14.5 Å². The summed E-state index contributed by atoms with van der Waals surface area (Å²) in [5.41, 5.74) is 0.907. The molecule has 3 aromatic rings. The Balaban J connectivity index is 1.51. The summed E-state index contributed by atoms with van der Waals surface area (Å²) < 4.78 is 11.3. The standard InChI is InChI=1S/C20H23N5O2/c1-26-16-5-2-6-17(12-16)27-20-19(23-9-10-24-20)15-4-3-11-25(13-15)14-18-21-7-8-22-18/h2,5-10,12,15H,3-4,11,13-14H2,1H3,(H,21,22)/t15-/m1/s1. The lowest BCUT2D eigenvalue weighted by molar-refractivity contribution is 0.193. The Hall–Kier alpha value is -2.93. The van der Waals surface area contributed by atoms with Gasteiger partial charge in [0.2, 0.25) is 5.88 Å². The highest BCUT2D eigenvalue weighted by atomic mass is 16.5. The molecule has 1 fully saturated rings. The van der Waals surface area contributed by atoms with Gasteiger partial charge in [0.25, 0.3) is 0 Å². The van der Waals surface area contributed by atoms with E-state index in [-0.39, 0.29) is 5.92 Å². The summed E-state index contributed by atoms with van der Waals surface area (Å²) in [5, 5.41) is 0. The summed E-state index contributed by atoms with van der Waals surface area (Å²) in [6.07, 6.45) is 9.24. The van der Waals surface area contributed by atoms with Crippen LogP contribution in [0.25, 0.3) is 0 Å². The first-order chi connectivity index (χ1) is 13.3. The van der Waals surface area contributed by atoms with Crippen LogP contribution < -0.4 is 9.47 Å². The minimum Gasteiger partial charge on any atom is -0.497 e. The van der Waals surface area contributed by atoms with Gasteiger partial charge in [0.15, 0.2) is 0 Å². The summed E-state index contributed by atoms with van der Waals surface area (Å²) >= 11 is 0. The molecule has 0 bridgehead atoms. The van der Waals surface area contributed by atoms with Gasteiger partial charge in [0.05, 0.1) is 13.7 Å². The van der Waals surface area contributed by atoms with E-state index in [1.807, 2.05) is 30.5 Å². The van der Waals surface area contributed by atoms with Gasteiger partial charge in [0, 0.05) is 43.3 Å². The molecular formula is C20H23N5O2. The molecule has 7 heteroatoms. The number of hydrogen-bond donors (Lipinski definition) is 1. The second-order valence-electron chi connectivity index (χ2n) is 6.64. The fourth-order valence-corrected chi connectivity index (χ4v) is 3.49. The monoisotopic (exact) mass is 365 g/mol. The Labute approximate surface area is 158 Å². The molecule has 7 nitrogen and oxygen atoms in total. The number of ether oxygens (including phenoxy) is 2. The maximum absolute atomic E-state index is 6.06. The molecule has 0 aliphatic carbocycles. The smallest absolute Gasteiger partial charge is 0.241 e. The lowest BCUT2D eigenvalue weighted by Crippen LogP contribution is -2.34. The second kappa shape index (κ2) is 8.18. The molecule has 3 heterocycles. The van der Waals surface area contributed by atoms with E-state index >= 15 is 0 Å². The first kappa shape index (κ1) is 17.5. The number of methoxy groups -OCH3 is 1. The second-order valence-corrected chi connectivity index (χ2v) is 6.64. The van der Waals surface area contributed by atoms with Crippen LogP contribution in [-0.4, -0.2) is 45.0 Å². The molecule has 1 N–H and O–H groups in total. The highest BCUT2D eigenvalue weighted by molar-refractivity contribution is 5.36. The average Bonchev–Trinajstić information content (AvgIpc) is 3.22. The van der Waals surface area contributed by atoms with Crippen LogP contribution >= 0.6 is 0 Å². The van der Waals surface area contributed by atoms with Crippen molar-refractivity contribution in [1.29, 1.82) is 0 Å². The molecule has 27 heavy (non-hydrogen) atoms. The van der Waals surface area contributed by atoms with Gasteiger partial charge in [-0.1, -0.05) is 6.07 Å². The molecule has 0 unspecified atom stereocenters. The third kappa shape index (κ3) is 4.25. The average molecular weight is 365 g/mol. The minimum absolute atomic E-state index is 0.281. The molecule has 0 spiro atoms. The summed E-state index contributed by atoms with van der Waals surface area (Å²) in [4.78, 5) is 19.0. The number of piperidine rings is 1. The van der Waals surface area contributed by atoms with E-state index in [1.165, 1.54) is 0 Å². The van der Waals surface area contributed by atoms with Crippen molar-refractivity contribution in [2.24, 2.45) is 0 Å². The van der Waals surface area contributed by atoms with Gasteiger partial charge in [-0.05, 0) is 31.5 Å². The molecule has 4 rings (SSSR count). The largest absolute Gasteiger partial charge is 0.497 e. The highest BCUT2D eigenvalue weighted by Gasteiger charge is 2.26. The van der Waals surface area contributed by atoms with E-state index in [4.69, 9.17) is 9.47 Å². The van der Waals surface area contributed by atoms with Crippen molar-refractivity contribution in [1.82, 2.24) is 24.8 Å². The van der Waals surface area contributed by atoms with Crippen molar-refractivity contribution in [3.8, 4) is 17.4 Å². The summed E-state index contributed by atoms with van der Waals surface area (Å²) in [7, 11) is 1.64. The Morgan fingerprint density at radius 1 is 1.15 bits per heavy atom. The minimum atomic E-state index is 0.281. The maximum Gasteiger partial charge on any atom is 0.241 e. The summed E-state index contributed by atoms with van der Waals surface area (Å²) in [6.45, 7) is 2.78. The normalized spacial score (nSPS) is 17.6. The number of nitrogens with zero attached hydrogens (tertiary/aromatic N) is 4.